The van der Waals surface area contributed by atoms with Crippen molar-refractivity contribution in [2.75, 3.05) is 31.6 Å². The molecule has 5 N–H and O–H groups in total. The highest BCUT2D eigenvalue weighted by Crippen LogP contribution is 2.30. The zero-order chi connectivity index (χ0) is 24.3. The van der Waals surface area contributed by atoms with Gasteiger partial charge >= 0.3 is 6.03 Å². The summed E-state index contributed by atoms with van der Waals surface area (Å²) in [6.45, 7) is 5.27. The van der Waals surface area contributed by atoms with Crippen molar-refractivity contribution >= 4 is 44.9 Å². The van der Waals surface area contributed by atoms with Gasteiger partial charge in [0.25, 0.3) is 0 Å². The molecule has 1 saturated heterocycles. The molecule has 2 unspecified atom stereocenters. The third-order valence-electron chi connectivity index (χ3n) is 5.71. The minimum atomic E-state index is -1.19. The van der Waals surface area contributed by atoms with Gasteiger partial charge in [-0.1, -0.05) is 23.7 Å². The molecule has 1 aliphatic rings. The van der Waals surface area contributed by atoms with Crippen LogP contribution in [0.25, 0.3) is 10.2 Å². The van der Waals surface area contributed by atoms with Gasteiger partial charge in [0.1, 0.15) is 0 Å². The lowest BCUT2D eigenvalue weighted by Crippen LogP contribution is -2.76. The number of aliphatic hydroxyl groups is 2. The van der Waals surface area contributed by atoms with Crippen LogP contribution in [0, 0.1) is 6.92 Å². The second-order valence-corrected chi connectivity index (χ2v) is 9.98. The number of aliphatic hydroxyl groups excluding tert-OH is 2. The van der Waals surface area contributed by atoms with E-state index in [4.69, 9.17) is 16.7 Å². The van der Waals surface area contributed by atoms with E-state index in [-0.39, 0.29) is 13.2 Å². The third kappa shape index (κ3) is 5.43. The summed E-state index contributed by atoms with van der Waals surface area (Å²) in [6.07, 6.45) is -1.19. The molecular weight excluding hydrogens is 476 g/mol. The molecule has 0 bridgehead atoms. The van der Waals surface area contributed by atoms with Gasteiger partial charge in [0.2, 0.25) is 0 Å². The number of thiazole rings is 1. The monoisotopic (exact) mass is 504 g/mol. The number of halogens is 1. The van der Waals surface area contributed by atoms with E-state index in [0.717, 1.165) is 26.5 Å². The highest BCUT2D eigenvalue weighted by molar-refractivity contribution is 7.18. The number of aromatic nitrogens is 1. The highest BCUT2D eigenvalue weighted by atomic mass is 35.5. The van der Waals surface area contributed by atoms with Gasteiger partial charge in [-0.05, 0) is 49.7 Å². The number of fused-ring (bicyclic) bond motifs is 1. The minimum absolute atomic E-state index is 0.00304. The highest BCUT2D eigenvalue weighted by Gasteiger charge is 2.46. The number of urea groups is 1. The Morgan fingerprint density at radius 3 is 2.74 bits per heavy atom. The van der Waals surface area contributed by atoms with Gasteiger partial charge in [-0.25, -0.2) is 14.7 Å². The van der Waals surface area contributed by atoms with Crippen LogP contribution < -0.4 is 16.0 Å². The van der Waals surface area contributed by atoms with E-state index in [1.165, 1.54) is 4.90 Å². The second-order valence-electron chi connectivity index (χ2n) is 8.31. The average molecular weight is 505 g/mol. The van der Waals surface area contributed by atoms with Crippen molar-refractivity contribution in [2.45, 2.75) is 32.5 Å². The topological polar surface area (TPSA) is 113 Å². The Bertz CT molecular complexity index is 1140. The molecule has 2 amide bonds. The maximum absolute atomic E-state index is 13.0. The van der Waals surface area contributed by atoms with Crippen LogP contribution in [0.5, 0.6) is 0 Å². The van der Waals surface area contributed by atoms with Gasteiger partial charge in [0, 0.05) is 36.9 Å². The molecule has 1 fully saturated rings. The van der Waals surface area contributed by atoms with Crippen molar-refractivity contribution in [3.63, 3.8) is 0 Å². The number of benzene rings is 2. The zero-order valence-corrected chi connectivity index (χ0v) is 20.7. The third-order valence-corrected chi connectivity index (χ3v) is 6.90. The van der Waals surface area contributed by atoms with Crippen molar-refractivity contribution in [3.05, 3.63) is 58.1 Å². The summed E-state index contributed by atoms with van der Waals surface area (Å²) in [4.78, 5) is 20.7. The Morgan fingerprint density at radius 2 is 2.00 bits per heavy atom. The van der Waals surface area contributed by atoms with E-state index < -0.39 is 18.2 Å². The van der Waals surface area contributed by atoms with Gasteiger partial charge in [-0.15, -0.1) is 11.3 Å². The second kappa shape index (κ2) is 10.4. The molecule has 0 aliphatic carbocycles. The summed E-state index contributed by atoms with van der Waals surface area (Å²) >= 11 is 7.65. The molecule has 0 spiro atoms. The van der Waals surface area contributed by atoms with Crippen LogP contribution in [0.3, 0.4) is 0 Å². The van der Waals surface area contributed by atoms with E-state index in [9.17, 15) is 9.90 Å². The Kier molecular flexibility index (Phi) is 7.56. The Labute approximate surface area is 207 Å². The van der Waals surface area contributed by atoms with Crippen molar-refractivity contribution in [1.29, 1.82) is 0 Å². The molecule has 4 rings (SSSR count). The van der Waals surface area contributed by atoms with Crippen molar-refractivity contribution < 1.29 is 15.0 Å². The summed E-state index contributed by atoms with van der Waals surface area (Å²) in [6, 6.07) is 12.8. The molecule has 182 valence electrons. The first-order valence-electron chi connectivity index (χ1n) is 11.0. The van der Waals surface area contributed by atoms with Crippen LogP contribution in [-0.2, 0) is 6.54 Å². The fraction of sp³-hybridized carbons (Fsp3) is 0.391. The number of amides is 2. The lowest BCUT2D eigenvalue weighted by molar-refractivity contribution is -0.159. The van der Waals surface area contributed by atoms with Gasteiger partial charge in [0.05, 0.1) is 21.8 Å². The maximum atomic E-state index is 13.0. The lowest BCUT2D eigenvalue weighted by atomic mass is 10.1. The minimum Gasteiger partial charge on any atom is -0.395 e. The lowest BCUT2D eigenvalue weighted by Gasteiger charge is -2.52. The standard InChI is InChI=1S/C23H29ClN6O3S/c1-15-26-19-8-7-18(13-20(19)34-15)27-23(2)28-21(32)29(11-9-25-10-12-31)22(33)30(23)14-16-3-5-17(24)6-4-16/h3-8,13,22,25,27,31,33H,9-12,14H2,1-2H3,(H,28,32). The number of aryl methyl sites for hydroxylation is 1. The van der Waals surface area contributed by atoms with E-state index in [1.807, 2.05) is 44.2 Å². The summed E-state index contributed by atoms with van der Waals surface area (Å²) in [5, 5.41) is 31.4. The predicted molar refractivity (Wildman–Crippen MR) is 135 cm³/mol. The number of carbonyl (C=O) groups excluding carboxylic acids is 1. The summed E-state index contributed by atoms with van der Waals surface area (Å²) in [7, 11) is 0. The van der Waals surface area contributed by atoms with Crippen LogP contribution in [0.1, 0.15) is 17.5 Å². The fourth-order valence-electron chi connectivity index (χ4n) is 4.00. The predicted octanol–water partition coefficient (Wildman–Crippen LogP) is 2.73. The number of hydrogen-bond acceptors (Lipinski definition) is 8. The Hall–Kier alpha value is -2.47. The SMILES string of the molecule is Cc1nc2ccc(NC3(C)NC(=O)N(CCNCCO)C(O)N3Cc3ccc(Cl)cc3)cc2s1. The van der Waals surface area contributed by atoms with Crippen LogP contribution in [0.2, 0.25) is 5.02 Å². The van der Waals surface area contributed by atoms with Crippen molar-refractivity contribution in [3.8, 4) is 0 Å². The van der Waals surface area contributed by atoms with Crippen LogP contribution in [0.15, 0.2) is 42.5 Å². The molecule has 2 heterocycles. The van der Waals surface area contributed by atoms with Gasteiger partial charge in [-0.3, -0.25) is 4.90 Å². The van der Waals surface area contributed by atoms with E-state index in [2.05, 4.69) is 20.9 Å². The number of carbonyl (C=O) groups is 1. The molecule has 1 aromatic heterocycles. The van der Waals surface area contributed by atoms with E-state index in [1.54, 1.807) is 28.4 Å². The first kappa shape index (κ1) is 24.6. The number of nitrogens with zero attached hydrogens (tertiary/aromatic N) is 3. The summed E-state index contributed by atoms with van der Waals surface area (Å²) in [5.74, 6) is -1.08. The number of rotatable bonds is 9. The fourth-order valence-corrected chi connectivity index (χ4v) is 5.00. The van der Waals surface area contributed by atoms with Crippen LogP contribution in [0.4, 0.5) is 10.5 Å². The van der Waals surface area contributed by atoms with E-state index >= 15 is 0 Å². The molecule has 9 nitrogen and oxygen atoms in total. The first-order chi connectivity index (χ1) is 16.3. The molecule has 2 atom stereocenters. The largest absolute Gasteiger partial charge is 0.395 e. The quantitative estimate of drug-likeness (QED) is 0.285. The molecule has 0 radical (unpaired) electrons. The maximum Gasteiger partial charge on any atom is 0.323 e. The normalized spacial score (nSPS) is 21.1. The number of anilines is 1. The van der Waals surface area contributed by atoms with Crippen molar-refractivity contribution in [1.82, 2.24) is 25.4 Å². The van der Waals surface area contributed by atoms with Crippen molar-refractivity contribution in [2.24, 2.45) is 0 Å². The summed E-state index contributed by atoms with van der Waals surface area (Å²) < 4.78 is 1.04. The van der Waals surface area contributed by atoms with Gasteiger partial charge < -0.3 is 26.2 Å². The zero-order valence-electron chi connectivity index (χ0n) is 19.1. The number of hydrogen-bond donors (Lipinski definition) is 5. The average Bonchev–Trinajstić information content (AvgIpc) is 3.16. The molecule has 1 aliphatic heterocycles. The Morgan fingerprint density at radius 1 is 1.24 bits per heavy atom. The smallest absolute Gasteiger partial charge is 0.323 e. The molecule has 0 saturated carbocycles. The van der Waals surface area contributed by atoms with Gasteiger partial charge in [0.15, 0.2) is 12.1 Å². The molecule has 2 aromatic carbocycles. The molecule has 3 aromatic rings. The molecule has 11 heteroatoms. The van der Waals surface area contributed by atoms with Gasteiger partial charge in [-0.2, -0.15) is 0 Å². The van der Waals surface area contributed by atoms with Crippen LogP contribution >= 0.6 is 22.9 Å². The molecule has 34 heavy (non-hydrogen) atoms. The summed E-state index contributed by atoms with van der Waals surface area (Å²) in [5.41, 5.74) is 2.65. The first-order valence-corrected chi connectivity index (χ1v) is 12.2. The van der Waals surface area contributed by atoms with E-state index in [0.29, 0.717) is 24.7 Å². The van der Waals surface area contributed by atoms with Crippen LogP contribution in [-0.4, -0.2) is 69.4 Å². The molecular formula is C23H29ClN6O3S. The number of nitrogens with one attached hydrogen (secondary N) is 3. The Balaban J connectivity index is 1.61.